The van der Waals surface area contributed by atoms with E-state index in [4.69, 9.17) is 9.47 Å². The molecule has 8 heteroatoms. The van der Waals surface area contributed by atoms with Gasteiger partial charge in [0.25, 0.3) is 5.91 Å². The standard InChI is InChI=1S/C23H25N3O5/c1-2-23(17-6-4-3-5-7-17)21(28)26(22(29)25-23)15-20(27)24-11-10-16-8-9-18-19(14-16)31-13-12-30-18/h3-9,14H,2,10-13,15H2,1H3,(H,24,27)(H,25,29). The molecule has 8 nitrogen and oxygen atoms in total. The van der Waals surface area contributed by atoms with Gasteiger partial charge in [0.1, 0.15) is 25.3 Å². The molecule has 4 rings (SSSR count). The first kappa shape index (κ1) is 20.7. The van der Waals surface area contributed by atoms with Crippen molar-refractivity contribution in [3.63, 3.8) is 0 Å². The molecule has 0 aliphatic carbocycles. The Kier molecular flexibility index (Phi) is 5.79. The van der Waals surface area contributed by atoms with Crippen LogP contribution in [0.25, 0.3) is 0 Å². The number of carbonyl (C=O) groups is 3. The number of nitrogens with zero attached hydrogens (tertiary/aromatic N) is 1. The number of imide groups is 1. The van der Waals surface area contributed by atoms with E-state index >= 15 is 0 Å². The van der Waals surface area contributed by atoms with Gasteiger partial charge in [-0.2, -0.15) is 0 Å². The summed E-state index contributed by atoms with van der Waals surface area (Å²) < 4.78 is 11.1. The van der Waals surface area contributed by atoms with E-state index in [0.717, 1.165) is 16.2 Å². The van der Waals surface area contributed by atoms with Crippen LogP contribution < -0.4 is 20.1 Å². The van der Waals surface area contributed by atoms with Crippen LogP contribution in [0.2, 0.25) is 0 Å². The minimum Gasteiger partial charge on any atom is -0.486 e. The van der Waals surface area contributed by atoms with E-state index < -0.39 is 17.5 Å². The second-order valence-electron chi connectivity index (χ2n) is 7.52. The Bertz CT molecular complexity index is 994. The van der Waals surface area contributed by atoms with Crippen LogP contribution in [0, 0.1) is 0 Å². The van der Waals surface area contributed by atoms with Gasteiger partial charge in [-0.1, -0.05) is 43.3 Å². The minimum absolute atomic E-state index is 0.319. The quantitative estimate of drug-likeness (QED) is 0.664. The zero-order valence-corrected chi connectivity index (χ0v) is 17.3. The molecule has 0 aromatic heterocycles. The minimum atomic E-state index is -1.14. The third kappa shape index (κ3) is 4.05. The van der Waals surface area contributed by atoms with Gasteiger partial charge in [-0.15, -0.1) is 0 Å². The van der Waals surface area contributed by atoms with Crippen molar-refractivity contribution in [2.45, 2.75) is 25.3 Å². The molecule has 2 aliphatic rings. The van der Waals surface area contributed by atoms with Gasteiger partial charge in [-0.05, 0) is 36.1 Å². The fraction of sp³-hybridized carbons (Fsp3) is 0.348. The van der Waals surface area contributed by atoms with E-state index in [-0.39, 0.29) is 12.5 Å². The number of amides is 4. The molecule has 1 saturated heterocycles. The lowest BCUT2D eigenvalue weighted by molar-refractivity contribution is -0.135. The van der Waals surface area contributed by atoms with Crippen LogP contribution in [0.3, 0.4) is 0 Å². The predicted molar refractivity (Wildman–Crippen MR) is 113 cm³/mol. The summed E-state index contributed by atoms with van der Waals surface area (Å²) in [5.41, 5.74) is 0.565. The van der Waals surface area contributed by atoms with Gasteiger partial charge in [0, 0.05) is 6.54 Å². The molecule has 2 N–H and O–H groups in total. The van der Waals surface area contributed by atoms with Gasteiger partial charge in [0.2, 0.25) is 5.91 Å². The molecule has 0 spiro atoms. The average molecular weight is 423 g/mol. The Morgan fingerprint density at radius 1 is 1.10 bits per heavy atom. The van der Waals surface area contributed by atoms with Gasteiger partial charge >= 0.3 is 6.03 Å². The van der Waals surface area contributed by atoms with Crippen LogP contribution in [0.5, 0.6) is 11.5 Å². The van der Waals surface area contributed by atoms with Crippen molar-refractivity contribution in [1.29, 1.82) is 0 Å². The van der Waals surface area contributed by atoms with Crippen LogP contribution in [-0.2, 0) is 21.5 Å². The van der Waals surface area contributed by atoms with E-state index in [1.165, 1.54) is 0 Å². The lowest BCUT2D eigenvalue weighted by Crippen LogP contribution is -2.45. The van der Waals surface area contributed by atoms with E-state index in [0.29, 0.717) is 43.9 Å². The Morgan fingerprint density at radius 2 is 1.84 bits per heavy atom. The lowest BCUT2D eigenvalue weighted by Gasteiger charge is -2.25. The summed E-state index contributed by atoms with van der Waals surface area (Å²) >= 11 is 0. The Morgan fingerprint density at radius 3 is 2.58 bits per heavy atom. The summed E-state index contributed by atoms with van der Waals surface area (Å²) in [7, 11) is 0. The highest BCUT2D eigenvalue weighted by Crippen LogP contribution is 2.32. The molecule has 1 fully saturated rings. The molecule has 2 aliphatic heterocycles. The first-order chi connectivity index (χ1) is 15.0. The average Bonchev–Trinajstić information content (AvgIpc) is 3.04. The summed E-state index contributed by atoms with van der Waals surface area (Å²) in [5, 5.41) is 5.56. The molecular weight excluding hydrogens is 398 g/mol. The molecule has 0 bridgehead atoms. The fourth-order valence-electron chi connectivity index (χ4n) is 3.92. The van der Waals surface area contributed by atoms with E-state index in [1.54, 1.807) is 12.1 Å². The molecular formula is C23H25N3O5. The van der Waals surface area contributed by atoms with Crippen LogP contribution in [0.1, 0.15) is 24.5 Å². The number of fused-ring (bicyclic) bond motifs is 1. The molecule has 2 aromatic rings. The SMILES string of the molecule is CCC1(c2ccccc2)NC(=O)N(CC(=O)NCCc2ccc3c(c2)OCCO3)C1=O. The number of hydrogen-bond acceptors (Lipinski definition) is 5. The first-order valence-corrected chi connectivity index (χ1v) is 10.4. The molecule has 0 radical (unpaired) electrons. The van der Waals surface area contributed by atoms with Gasteiger partial charge in [0.15, 0.2) is 11.5 Å². The second-order valence-corrected chi connectivity index (χ2v) is 7.52. The Labute approximate surface area is 180 Å². The van der Waals surface area contributed by atoms with Crippen molar-refractivity contribution in [3.05, 3.63) is 59.7 Å². The largest absolute Gasteiger partial charge is 0.486 e. The predicted octanol–water partition coefficient (Wildman–Crippen LogP) is 1.97. The van der Waals surface area contributed by atoms with Crippen LogP contribution in [0.4, 0.5) is 4.79 Å². The first-order valence-electron chi connectivity index (χ1n) is 10.4. The van der Waals surface area contributed by atoms with Gasteiger partial charge in [-0.25, -0.2) is 4.79 Å². The maximum absolute atomic E-state index is 13.1. The van der Waals surface area contributed by atoms with E-state index in [9.17, 15) is 14.4 Å². The van der Waals surface area contributed by atoms with E-state index in [1.807, 2.05) is 43.3 Å². The summed E-state index contributed by atoms with van der Waals surface area (Å²) in [6, 6.07) is 14.2. The monoisotopic (exact) mass is 423 g/mol. The number of nitrogens with one attached hydrogen (secondary N) is 2. The van der Waals surface area contributed by atoms with Gasteiger partial charge in [-0.3, -0.25) is 14.5 Å². The van der Waals surface area contributed by atoms with Crippen molar-refractivity contribution < 1.29 is 23.9 Å². The molecule has 1 unspecified atom stereocenters. The third-order valence-electron chi connectivity index (χ3n) is 5.62. The zero-order valence-electron chi connectivity index (χ0n) is 17.3. The normalized spacial score (nSPS) is 19.8. The van der Waals surface area contributed by atoms with Crippen molar-refractivity contribution in [1.82, 2.24) is 15.5 Å². The number of urea groups is 1. The maximum atomic E-state index is 13.1. The molecule has 2 aromatic carbocycles. The molecule has 1 atom stereocenters. The molecule has 2 heterocycles. The molecule has 4 amide bonds. The van der Waals surface area contributed by atoms with Crippen molar-refractivity contribution in [3.8, 4) is 11.5 Å². The Hall–Kier alpha value is -3.55. The highest BCUT2D eigenvalue weighted by molar-refractivity contribution is 6.09. The number of hydrogen-bond donors (Lipinski definition) is 2. The topological polar surface area (TPSA) is 97.0 Å². The van der Waals surface area contributed by atoms with E-state index in [2.05, 4.69) is 10.6 Å². The number of rotatable bonds is 7. The Balaban J connectivity index is 1.34. The maximum Gasteiger partial charge on any atom is 0.325 e. The summed E-state index contributed by atoms with van der Waals surface area (Å²) in [5.74, 6) is 0.621. The fourth-order valence-corrected chi connectivity index (χ4v) is 3.92. The second kappa shape index (κ2) is 8.67. The molecule has 0 saturated carbocycles. The van der Waals surface area contributed by atoms with Crippen molar-refractivity contribution >= 4 is 17.8 Å². The van der Waals surface area contributed by atoms with Gasteiger partial charge in [0.05, 0.1) is 0 Å². The summed E-state index contributed by atoms with van der Waals surface area (Å²) in [4.78, 5) is 39.0. The summed E-state index contributed by atoms with van der Waals surface area (Å²) in [6.07, 6.45) is 0.981. The highest BCUT2D eigenvalue weighted by Gasteiger charge is 2.51. The summed E-state index contributed by atoms with van der Waals surface area (Å²) in [6.45, 7) is 2.94. The molecule has 31 heavy (non-hydrogen) atoms. The number of benzene rings is 2. The van der Waals surface area contributed by atoms with Crippen LogP contribution in [0.15, 0.2) is 48.5 Å². The third-order valence-corrected chi connectivity index (χ3v) is 5.62. The van der Waals surface area contributed by atoms with Gasteiger partial charge < -0.3 is 20.1 Å². The van der Waals surface area contributed by atoms with Crippen molar-refractivity contribution in [2.24, 2.45) is 0 Å². The smallest absolute Gasteiger partial charge is 0.325 e. The van der Waals surface area contributed by atoms with Crippen LogP contribution >= 0.6 is 0 Å². The lowest BCUT2D eigenvalue weighted by atomic mass is 9.87. The number of ether oxygens (including phenoxy) is 2. The number of carbonyl (C=O) groups excluding carboxylic acids is 3. The zero-order chi connectivity index (χ0) is 21.8. The van der Waals surface area contributed by atoms with Crippen molar-refractivity contribution in [2.75, 3.05) is 26.3 Å². The molecule has 162 valence electrons. The van der Waals surface area contributed by atoms with Crippen LogP contribution in [-0.4, -0.2) is 49.0 Å². The highest BCUT2D eigenvalue weighted by atomic mass is 16.6.